The van der Waals surface area contributed by atoms with Crippen molar-refractivity contribution in [1.29, 1.82) is 0 Å². The highest BCUT2D eigenvalue weighted by molar-refractivity contribution is 6.30. The molecule has 0 unspecified atom stereocenters. The Morgan fingerprint density at radius 2 is 1.79 bits per heavy atom. The largest absolute Gasteiger partial charge is 0.403 e. The number of urea groups is 1. The Labute approximate surface area is 139 Å². The summed E-state index contributed by atoms with van der Waals surface area (Å²) in [7, 11) is 0. The monoisotopic (exact) mass is 350 g/mol. The maximum Gasteiger partial charge on any atom is 0.327 e. The van der Waals surface area contributed by atoms with E-state index >= 15 is 0 Å². The fourth-order valence-electron chi connectivity index (χ4n) is 1.82. The molecule has 122 valence electrons. The van der Waals surface area contributed by atoms with Gasteiger partial charge in [-0.1, -0.05) is 16.7 Å². The minimum atomic E-state index is -0.905. The van der Waals surface area contributed by atoms with Crippen molar-refractivity contribution in [3.05, 3.63) is 59.1 Å². The maximum absolute atomic E-state index is 13.5. The van der Waals surface area contributed by atoms with E-state index in [0.29, 0.717) is 16.7 Å². The van der Waals surface area contributed by atoms with Crippen LogP contribution in [0, 0.1) is 11.6 Å². The van der Waals surface area contributed by atoms with Crippen molar-refractivity contribution in [2.24, 2.45) is 0 Å². The lowest BCUT2D eigenvalue weighted by Gasteiger charge is -2.05. The molecule has 3 aromatic rings. The molecule has 0 aliphatic carbocycles. The first-order valence-electron chi connectivity index (χ1n) is 6.64. The third kappa shape index (κ3) is 3.66. The van der Waals surface area contributed by atoms with E-state index in [1.165, 1.54) is 0 Å². The SMILES string of the molecule is O=C(Nc1nnc(-c2ccc(Cl)cc2)o1)Nc1ccc(F)cc1F. The lowest BCUT2D eigenvalue weighted by atomic mass is 10.2. The van der Waals surface area contributed by atoms with Gasteiger partial charge in [0.25, 0.3) is 0 Å². The van der Waals surface area contributed by atoms with Gasteiger partial charge >= 0.3 is 12.0 Å². The zero-order chi connectivity index (χ0) is 17.1. The fraction of sp³-hybridized carbons (Fsp3) is 0. The van der Waals surface area contributed by atoms with E-state index in [-0.39, 0.29) is 17.6 Å². The summed E-state index contributed by atoms with van der Waals surface area (Å²) in [6.07, 6.45) is 0. The zero-order valence-corrected chi connectivity index (χ0v) is 12.6. The van der Waals surface area contributed by atoms with Crippen LogP contribution in [0.3, 0.4) is 0 Å². The van der Waals surface area contributed by atoms with Gasteiger partial charge in [0.2, 0.25) is 5.89 Å². The number of benzene rings is 2. The Morgan fingerprint density at radius 1 is 1.04 bits per heavy atom. The molecule has 1 heterocycles. The van der Waals surface area contributed by atoms with Crippen LogP contribution in [0.25, 0.3) is 11.5 Å². The third-order valence-electron chi connectivity index (χ3n) is 2.92. The molecule has 0 fully saturated rings. The lowest BCUT2D eigenvalue weighted by molar-refractivity contribution is 0.261. The molecule has 0 aliphatic rings. The second-order valence-electron chi connectivity index (χ2n) is 4.62. The highest BCUT2D eigenvalue weighted by Crippen LogP contribution is 2.22. The average Bonchev–Trinajstić information content (AvgIpc) is 2.99. The molecule has 0 aliphatic heterocycles. The van der Waals surface area contributed by atoms with Gasteiger partial charge in [-0.3, -0.25) is 5.32 Å². The van der Waals surface area contributed by atoms with Gasteiger partial charge in [-0.25, -0.2) is 13.6 Å². The quantitative estimate of drug-likeness (QED) is 0.737. The summed E-state index contributed by atoms with van der Waals surface area (Å²) < 4.78 is 31.6. The molecule has 2 N–H and O–H groups in total. The number of carbonyl (C=O) groups excluding carboxylic acids is 1. The molecule has 0 spiro atoms. The van der Waals surface area contributed by atoms with E-state index in [0.717, 1.165) is 12.1 Å². The Hall–Kier alpha value is -3.00. The highest BCUT2D eigenvalue weighted by atomic mass is 35.5. The molecule has 6 nitrogen and oxygen atoms in total. The van der Waals surface area contributed by atoms with Crippen molar-refractivity contribution in [3.63, 3.8) is 0 Å². The second-order valence-corrected chi connectivity index (χ2v) is 5.06. The van der Waals surface area contributed by atoms with E-state index in [4.69, 9.17) is 16.0 Å². The van der Waals surface area contributed by atoms with Crippen molar-refractivity contribution < 1.29 is 18.0 Å². The molecular weight excluding hydrogens is 342 g/mol. The zero-order valence-electron chi connectivity index (χ0n) is 11.9. The molecule has 9 heteroatoms. The van der Waals surface area contributed by atoms with Crippen LogP contribution in [0.5, 0.6) is 0 Å². The smallest absolute Gasteiger partial charge is 0.327 e. The summed E-state index contributed by atoms with van der Waals surface area (Å²) in [6.45, 7) is 0. The van der Waals surface area contributed by atoms with Crippen LogP contribution >= 0.6 is 11.6 Å². The van der Waals surface area contributed by atoms with E-state index in [1.54, 1.807) is 24.3 Å². The van der Waals surface area contributed by atoms with Crippen LogP contribution in [-0.2, 0) is 0 Å². The van der Waals surface area contributed by atoms with Crippen molar-refractivity contribution in [3.8, 4) is 11.5 Å². The molecule has 3 rings (SSSR count). The van der Waals surface area contributed by atoms with Crippen LogP contribution in [0.4, 0.5) is 25.3 Å². The minimum absolute atomic E-state index is 0.176. The van der Waals surface area contributed by atoms with Crippen LogP contribution < -0.4 is 10.6 Å². The van der Waals surface area contributed by atoms with Crippen molar-refractivity contribution in [1.82, 2.24) is 10.2 Å². The first kappa shape index (κ1) is 15.9. The van der Waals surface area contributed by atoms with Gasteiger partial charge in [0.1, 0.15) is 11.6 Å². The van der Waals surface area contributed by atoms with Gasteiger partial charge in [-0.2, -0.15) is 0 Å². The fourth-order valence-corrected chi connectivity index (χ4v) is 1.95. The summed E-state index contributed by atoms with van der Waals surface area (Å²) in [5, 5.41) is 12.5. The Balaban J connectivity index is 1.68. The highest BCUT2D eigenvalue weighted by Gasteiger charge is 2.13. The summed E-state index contributed by atoms with van der Waals surface area (Å²) in [5.74, 6) is -1.48. The van der Waals surface area contributed by atoms with Crippen LogP contribution in [0.1, 0.15) is 0 Å². The van der Waals surface area contributed by atoms with Crippen LogP contribution in [-0.4, -0.2) is 16.2 Å². The summed E-state index contributed by atoms with van der Waals surface area (Å²) >= 11 is 5.79. The van der Waals surface area contributed by atoms with Gasteiger partial charge in [-0.05, 0) is 36.4 Å². The number of nitrogens with zero attached hydrogens (tertiary/aromatic N) is 2. The van der Waals surface area contributed by atoms with Crippen LogP contribution in [0.15, 0.2) is 46.9 Å². The summed E-state index contributed by atoms with van der Waals surface area (Å²) in [6, 6.07) is 8.42. The molecule has 2 aromatic carbocycles. The number of anilines is 2. The number of amides is 2. The molecule has 0 radical (unpaired) electrons. The number of carbonyl (C=O) groups is 1. The molecule has 1 aromatic heterocycles. The molecule has 24 heavy (non-hydrogen) atoms. The predicted molar refractivity (Wildman–Crippen MR) is 83.7 cm³/mol. The van der Waals surface area contributed by atoms with E-state index in [1.807, 2.05) is 0 Å². The standard InChI is InChI=1S/C15H9ClF2N4O2/c16-9-3-1-8(2-4-9)13-21-22-15(24-13)20-14(23)19-12-6-5-10(17)7-11(12)18/h1-7H,(H2,19,20,22,23). The molecular formula is C15H9ClF2N4O2. The number of aromatic nitrogens is 2. The van der Waals surface area contributed by atoms with Gasteiger partial charge in [0, 0.05) is 16.7 Å². The molecule has 2 amide bonds. The van der Waals surface area contributed by atoms with E-state index < -0.39 is 17.7 Å². The van der Waals surface area contributed by atoms with E-state index in [9.17, 15) is 13.6 Å². The van der Waals surface area contributed by atoms with Gasteiger partial charge < -0.3 is 9.73 Å². The summed E-state index contributed by atoms with van der Waals surface area (Å²) in [5.41, 5.74) is 0.427. The lowest BCUT2D eigenvalue weighted by Crippen LogP contribution is -2.20. The minimum Gasteiger partial charge on any atom is -0.403 e. The number of rotatable bonds is 3. The Bertz CT molecular complexity index is 883. The molecule has 0 bridgehead atoms. The predicted octanol–water partition coefficient (Wildman–Crippen LogP) is 4.31. The molecule has 0 saturated carbocycles. The van der Waals surface area contributed by atoms with Gasteiger partial charge in [0.05, 0.1) is 5.69 Å². The van der Waals surface area contributed by atoms with E-state index in [2.05, 4.69) is 20.8 Å². The van der Waals surface area contributed by atoms with Crippen molar-refractivity contribution in [2.45, 2.75) is 0 Å². The maximum atomic E-state index is 13.5. The molecule has 0 saturated heterocycles. The number of halogens is 3. The first-order valence-corrected chi connectivity index (χ1v) is 7.01. The van der Waals surface area contributed by atoms with Crippen molar-refractivity contribution >= 4 is 29.3 Å². The normalized spacial score (nSPS) is 10.5. The first-order chi connectivity index (χ1) is 11.5. The van der Waals surface area contributed by atoms with Crippen LogP contribution in [0.2, 0.25) is 5.02 Å². The second kappa shape index (κ2) is 6.63. The summed E-state index contributed by atoms with van der Waals surface area (Å²) in [4.78, 5) is 11.8. The van der Waals surface area contributed by atoms with Gasteiger partial charge in [0.15, 0.2) is 0 Å². The average molecular weight is 351 g/mol. The third-order valence-corrected chi connectivity index (χ3v) is 3.17. The molecule has 0 atom stereocenters. The Kier molecular flexibility index (Phi) is 4.39. The Morgan fingerprint density at radius 3 is 2.50 bits per heavy atom. The number of nitrogens with one attached hydrogen (secondary N) is 2. The van der Waals surface area contributed by atoms with Gasteiger partial charge in [-0.15, -0.1) is 5.10 Å². The topological polar surface area (TPSA) is 80.1 Å². The number of hydrogen-bond donors (Lipinski definition) is 2. The number of hydrogen-bond acceptors (Lipinski definition) is 4. The van der Waals surface area contributed by atoms with Crippen molar-refractivity contribution in [2.75, 3.05) is 10.6 Å².